The summed E-state index contributed by atoms with van der Waals surface area (Å²) in [7, 11) is -4.89. The molecule has 0 radical (unpaired) electrons. The summed E-state index contributed by atoms with van der Waals surface area (Å²) >= 11 is 0. The quantitative estimate of drug-likeness (QED) is 0.504. The maximum absolute atomic E-state index is 12.8. The molecule has 2 N–H and O–H groups in total. The second-order valence-electron chi connectivity index (χ2n) is 3.56. The molecule has 0 bridgehead atoms. The summed E-state index contributed by atoms with van der Waals surface area (Å²) in [6.45, 7) is 2.05. The zero-order valence-electron chi connectivity index (χ0n) is 8.86. The lowest BCUT2D eigenvalue weighted by Crippen LogP contribution is -2.15. The molecule has 0 fully saturated rings. The third kappa shape index (κ3) is 6.77. The topological polar surface area (TPSA) is 74.6 Å². The highest BCUT2D eigenvalue weighted by Crippen LogP contribution is 2.42. The number of rotatable bonds is 8. The Bertz CT molecular complexity index is 238. The summed E-state index contributed by atoms with van der Waals surface area (Å²) in [5, 5.41) is 0. The lowest BCUT2D eigenvalue weighted by molar-refractivity contribution is -0.121. The first-order chi connectivity index (χ1) is 6.89. The van der Waals surface area contributed by atoms with Gasteiger partial charge >= 0.3 is 7.60 Å². The number of hydrogen-bond donors (Lipinski definition) is 2. The van der Waals surface area contributed by atoms with Gasteiger partial charge in [0, 0.05) is 6.42 Å². The van der Waals surface area contributed by atoms with Crippen LogP contribution in [0.2, 0.25) is 0 Å². The molecular weight excluding hydrogens is 222 g/mol. The molecule has 0 aromatic rings. The van der Waals surface area contributed by atoms with E-state index in [1.807, 2.05) is 0 Å². The molecule has 0 aliphatic rings. The predicted molar refractivity (Wildman–Crippen MR) is 55.3 cm³/mol. The van der Waals surface area contributed by atoms with Crippen molar-refractivity contribution in [2.45, 2.75) is 51.4 Å². The number of ketones is 1. The molecule has 0 saturated carbocycles. The van der Waals surface area contributed by atoms with Crippen molar-refractivity contribution in [3.63, 3.8) is 0 Å². The van der Waals surface area contributed by atoms with Gasteiger partial charge in [0.15, 0.2) is 5.78 Å². The predicted octanol–water partition coefficient (Wildman–Crippen LogP) is 2.39. The zero-order valence-corrected chi connectivity index (χ0v) is 9.75. The van der Waals surface area contributed by atoms with Crippen molar-refractivity contribution < 1.29 is 23.5 Å². The highest BCUT2D eigenvalue weighted by molar-refractivity contribution is 7.53. The molecule has 1 atom stereocenters. The van der Waals surface area contributed by atoms with Crippen molar-refractivity contribution in [3.05, 3.63) is 0 Å². The molecule has 0 aliphatic carbocycles. The van der Waals surface area contributed by atoms with Crippen LogP contribution < -0.4 is 0 Å². The van der Waals surface area contributed by atoms with Gasteiger partial charge in [0.2, 0.25) is 0 Å². The van der Waals surface area contributed by atoms with Crippen LogP contribution in [0.15, 0.2) is 0 Å². The van der Waals surface area contributed by atoms with E-state index in [0.29, 0.717) is 6.42 Å². The first-order valence-corrected chi connectivity index (χ1v) is 6.79. The standard InChI is InChI=1S/C9H18FO4P/c1-2-3-4-5-6-7-8(11)9(10)15(12,13)14/h9H,2-7H2,1H3,(H2,12,13,14)/t9-/m0/s1. The van der Waals surface area contributed by atoms with E-state index in [0.717, 1.165) is 25.7 Å². The van der Waals surface area contributed by atoms with Crippen LogP contribution in [0.25, 0.3) is 0 Å². The lowest BCUT2D eigenvalue weighted by Gasteiger charge is -2.08. The molecule has 0 amide bonds. The summed E-state index contributed by atoms with van der Waals surface area (Å²) in [5.74, 6) is -3.62. The molecule has 6 heteroatoms. The highest BCUT2D eigenvalue weighted by Gasteiger charge is 2.34. The molecule has 90 valence electrons. The molecule has 0 spiro atoms. The largest absolute Gasteiger partial charge is 0.367 e. The van der Waals surface area contributed by atoms with E-state index in [2.05, 4.69) is 6.92 Å². The summed E-state index contributed by atoms with van der Waals surface area (Å²) in [4.78, 5) is 27.8. The normalized spacial score (nSPS) is 13.9. The van der Waals surface area contributed by atoms with E-state index in [1.54, 1.807) is 0 Å². The van der Waals surface area contributed by atoms with Gasteiger partial charge in [-0.3, -0.25) is 9.36 Å². The Morgan fingerprint density at radius 2 is 1.80 bits per heavy atom. The number of unbranched alkanes of at least 4 members (excludes halogenated alkanes) is 4. The third-order valence-corrected chi connectivity index (χ3v) is 2.97. The van der Waals surface area contributed by atoms with E-state index in [-0.39, 0.29) is 6.42 Å². The molecule has 4 nitrogen and oxygen atoms in total. The summed E-state index contributed by atoms with van der Waals surface area (Å²) in [6.07, 6.45) is 4.31. The van der Waals surface area contributed by atoms with Crippen molar-refractivity contribution in [2.75, 3.05) is 0 Å². The van der Waals surface area contributed by atoms with Gasteiger partial charge in [0.05, 0.1) is 0 Å². The smallest absolute Gasteiger partial charge is 0.322 e. The number of hydrogen-bond acceptors (Lipinski definition) is 2. The van der Waals surface area contributed by atoms with Crippen LogP contribution in [0, 0.1) is 0 Å². The lowest BCUT2D eigenvalue weighted by atomic mass is 10.1. The molecular formula is C9H18FO4P. The average Bonchev–Trinajstić information content (AvgIpc) is 2.14. The number of Topliss-reactive ketones (excluding diaryl/α,β-unsaturated/α-hetero) is 1. The number of halogens is 1. The van der Waals surface area contributed by atoms with Gasteiger partial charge in [0.1, 0.15) is 0 Å². The molecule has 0 aromatic heterocycles. The van der Waals surface area contributed by atoms with Gasteiger partial charge in [-0.25, -0.2) is 4.39 Å². The molecule has 15 heavy (non-hydrogen) atoms. The Balaban J connectivity index is 3.71. The summed E-state index contributed by atoms with van der Waals surface area (Å²) in [6, 6.07) is 0. The van der Waals surface area contributed by atoms with Gasteiger partial charge in [-0.05, 0) is 6.42 Å². The second kappa shape index (κ2) is 7.09. The monoisotopic (exact) mass is 240 g/mol. The number of carbonyl (C=O) groups excluding carboxylic acids is 1. The van der Waals surface area contributed by atoms with Crippen molar-refractivity contribution >= 4 is 13.4 Å². The van der Waals surface area contributed by atoms with Crippen molar-refractivity contribution in [3.8, 4) is 0 Å². The van der Waals surface area contributed by atoms with Crippen LogP contribution in [-0.2, 0) is 9.36 Å². The molecule has 0 heterocycles. The fourth-order valence-electron chi connectivity index (χ4n) is 1.21. The van der Waals surface area contributed by atoms with Gasteiger partial charge in [-0.1, -0.05) is 32.6 Å². The average molecular weight is 240 g/mol. The van der Waals surface area contributed by atoms with Crippen molar-refractivity contribution in [2.24, 2.45) is 0 Å². The van der Waals surface area contributed by atoms with Crippen LogP contribution in [0.5, 0.6) is 0 Å². The summed E-state index contributed by atoms with van der Waals surface area (Å²) in [5.41, 5.74) is 0. The first kappa shape index (κ1) is 14.8. The molecule has 0 aromatic carbocycles. The highest BCUT2D eigenvalue weighted by atomic mass is 31.2. The minimum Gasteiger partial charge on any atom is -0.322 e. The van der Waals surface area contributed by atoms with Gasteiger partial charge in [-0.2, -0.15) is 0 Å². The van der Waals surface area contributed by atoms with E-state index >= 15 is 0 Å². The molecule has 0 saturated heterocycles. The van der Waals surface area contributed by atoms with Crippen LogP contribution in [-0.4, -0.2) is 21.5 Å². The van der Waals surface area contributed by atoms with E-state index in [9.17, 15) is 13.8 Å². The Morgan fingerprint density at radius 3 is 2.27 bits per heavy atom. The van der Waals surface area contributed by atoms with Gasteiger partial charge in [-0.15, -0.1) is 0 Å². The fraction of sp³-hybridized carbons (Fsp3) is 0.889. The molecule has 0 rings (SSSR count). The second-order valence-corrected chi connectivity index (χ2v) is 5.19. The van der Waals surface area contributed by atoms with Crippen LogP contribution in [0.3, 0.4) is 0 Å². The van der Waals surface area contributed by atoms with E-state index in [1.165, 1.54) is 0 Å². The Hall–Kier alpha value is -0.250. The maximum atomic E-state index is 12.8. The van der Waals surface area contributed by atoms with Crippen LogP contribution in [0.4, 0.5) is 4.39 Å². The minimum atomic E-state index is -4.89. The van der Waals surface area contributed by atoms with Crippen molar-refractivity contribution in [1.82, 2.24) is 0 Å². The Morgan fingerprint density at radius 1 is 1.27 bits per heavy atom. The van der Waals surface area contributed by atoms with E-state index in [4.69, 9.17) is 9.79 Å². The fourth-order valence-corrected chi connectivity index (χ4v) is 1.71. The maximum Gasteiger partial charge on any atom is 0.367 e. The van der Waals surface area contributed by atoms with Crippen molar-refractivity contribution in [1.29, 1.82) is 0 Å². The zero-order chi connectivity index (χ0) is 11.9. The third-order valence-electron chi connectivity index (χ3n) is 2.09. The SMILES string of the molecule is CCCCCCCC(=O)[C@@H](F)P(=O)(O)O. The first-order valence-electron chi connectivity index (χ1n) is 5.11. The number of carbonyl (C=O) groups is 1. The molecule has 0 unspecified atom stereocenters. The summed E-state index contributed by atoms with van der Waals surface area (Å²) < 4.78 is 23.2. The minimum absolute atomic E-state index is 0.0873. The van der Waals surface area contributed by atoms with E-state index < -0.39 is 19.3 Å². The van der Waals surface area contributed by atoms with Crippen LogP contribution in [0.1, 0.15) is 45.4 Å². The Kier molecular flexibility index (Phi) is 6.98. The number of alkyl halides is 1. The van der Waals surface area contributed by atoms with Gasteiger partial charge < -0.3 is 9.79 Å². The van der Waals surface area contributed by atoms with Crippen LogP contribution >= 0.6 is 7.60 Å². The van der Waals surface area contributed by atoms with Gasteiger partial charge in [0.25, 0.3) is 5.91 Å². The molecule has 0 aliphatic heterocycles. The Labute approximate surface area is 89.0 Å².